The molecule has 2 heterocycles. The fourth-order valence-electron chi connectivity index (χ4n) is 2.58. The molecular weight excluding hydrogens is 350 g/mol. The van der Waals surface area contributed by atoms with Gasteiger partial charge in [-0.2, -0.15) is 4.80 Å². The number of carbonyl (C=O) groups excluding carboxylic acids is 1. The second-order valence-electron chi connectivity index (χ2n) is 5.82. The Hall–Kier alpha value is -3.25. The van der Waals surface area contributed by atoms with Crippen LogP contribution < -0.4 is 5.32 Å². The highest BCUT2D eigenvalue weighted by Crippen LogP contribution is 2.23. The number of amides is 1. The summed E-state index contributed by atoms with van der Waals surface area (Å²) in [6, 6.07) is 14.4. The molecule has 1 amide bonds. The molecule has 0 saturated carbocycles. The molecule has 1 N–H and O–H groups in total. The van der Waals surface area contributed by atoms with Crippen molar-refractivity contribution in [3.05, 3.63) is 77.1 Å². The van der Waals surface area contributed by atoms with Gasteiger partial charge in [-0.3, -0.25) is 9.78 Å². The van der Waals surface area contributed by atoms with Crippen LogP contribution in [-0.4, -0.2) is 25.9 Å². The predicted octanol–water partition coefficient (Wildman–Crippen LogP) is 4.03. The van der Waals surface area contributed by atoms with Crippen molar-refractivity contribution in [3.8, 4) is 5.69 Å². The van der Waals surface area contributed by atoms with Gasteiger partial charge in [0.25, 0.3) is 5.91 Å². The van der Waals surface area contributed by atoms with E-state index in [-0.39, 0.29) is 5.91 Å². The van der Waals surface area contributed by atoms with Crippen LogP contribution in [0.4, 0.5) is 5.69 Å². The Morgan fingerprint density at radius 1 is 1.08 bits per heavy atom. The molecule has 2 aromatic heterocycles. The molecule has 0 bridgehead atoms. The van der Waals surface area contributed by atoms with E-state index in [1.807, 2.05) is 31.2 Å². The number of rotatable bonds is 3. The van der Waals surface area contributed by atoms with Crippen LogP contribution in [-0.2, 0) is 0 Å². The Morgan fingerprint density at radius 3 is 2.50 bits per heavy atom. The Balaban J connectivity index is 1.67. The number of nitrogens with zero attached hydrogens (tertiary/aromatic N) is 4. The van der Waals surface area contributed by atoms with Crippen LogP contribution >= 0.6 is 11.6 Å². The number of anilines is 1. The molecule has 0 saturated heterocycles. The van der Waals surface area contributed by atoms with Gasteiger partial charge in [-0.1, -0.05) is 11.6 Å². The van der Waals surface area contributed by atoms with Crippen molar-refractivity contribution in [2.24, 2.45) is 0 Å². The van der Waals surface area contributed by atoms with E-state index < -0.39 is 0 Å². The first-order chi connectivity index (χ1) is 12.6. The lowest BCUT2D eigenvalue weighted by Crippen LogP contribution is -2.12. The first-order valence-electron chi connectivity index (χ1n) is 7.95. The topological polar surface area (TPSA) is 72.7 Å². The summed E-state index contributed by atoms with van der Waals surface area (Å²) in [5.74, 6) is -0.217. The highest BCUT2D eigenvalue weighted by Gasteiger charge is 2.12. The number of pyridine rings is 1. The Labute approximate surface area is 154 Å². The average molecular weight is 364 g/mol. The minimum Gasteiger partial charge on any atom is -0.322 e. The van der Waals surface area contributed by atoms with Gasteiger partial charge >= 0.3 is 0 Å². The normalized spacial score (nSPS) is 10.8. The molecule has 0 atom stereocenters. The number of carbonyl (C=O) groups is 1. The molecule has 2 aromatic carbocycles. The van der Waals surface area contributed by atoms with Gasteiger partial charge in [0.2, 0.25) is 0 Å². The van der Waals surface area contributed by atoms with Crippen molar-refractivity contribution in [3.63, 3.8) is 0 Å². The van der Waals surface area contributed by atoms with Crippen molar-refractivity contribution in [1.29, 1.82) is 0 Å². The van der Waals surface area contributed by atoms with E-state index in [9.17, 15) is 4.79 Å². The van der Waals surface area contributed by atoms with Gasteiger partial charge in [-0.15, -0.1) is 10.2 Å². The second-order valence-corrected chi connectivity index (χ2v) is 6.25. The lowest BCUT2D eigenvalue weighted by Gasteiger charge is -2.07. The molecule has 0 unspecified atom stereocenters. The van der Waals surface area contributed by atoms with E-state index in [0.717, 1.165) is 16.8 Å². The van der Waals surface area contributed by atoms with E-state index >= 15 is 0 Å². The zero-order chi connectivity index (χ0) is 18.1. The van der Waals surface area contributed by atoms with Crippen molar-refractivity contribution < 1.29 is 4.79 Å². The maximum Gasteiger partial charge on any atom is 0.257 e. The van der Waals surface area contributed by atoms with Gasteiger partial charge < -0.3 is 5.32 Å². The fourth-order valence-corrected chi connectivity index (χ4v) is 2.71. The lowest BCUT2D eigenvalue weighted by molar-refractivity contribution is 0.102. The number of aromatic nitrogens is 4. The monoisotopic (exact) mass is 363 g/mol. The molecule has 0 radical (unpaired) electrons. The number of halogens is 1. The molecule has 4 rings (SSSR count). The number of nitrogens with one attached hydrogen (secondary N) is 1. The van der Waals surface area contributed by atoms with Crippen LogP contribution in [0.15, 0.2) is 60.9 Å². The fraction of sp³-hybridized carbons (Fsp3) is 0.0526. The predicted molar refractivity (Wildman–Crippen MR) is 101 cm³/mol. The van der Waals surface area contributed by atoms with Crippen LogP contribution in [0.3, 0.4) is 0 Å². The summed E-state index contributed by atoms with van der Waals surface area (Å²) in [6.07, 6.45) is 3.16. The molecule has 0 aliphatic carbocycles. The van der Waals surface area contributed by atoms with E-state index in [2.05, 4.69) is 20.5 Å². The van der Waals surface area contributed by atoms with Gasteiger partial charge in [0.05, 0.1) is 11.3 Å². The molecule has 26 heavy (non-hydrogen) atoms. The van der Waals surface area contributed by atoms with Gasteiger partial charge in [-0.25, -0.2) is 0 Å². The minimum absolute atomic E-state index is 0.217. The Morgan fingerprint density at radius 2 is 1.81 bits per heavy atom. The molecule has 7 heteroatoms. The van der Waals surface area contributed by atoms with Gasteiger partial charge in [0.15, 0.2) is 0 Å². The number of hydrogen-bond acceptors (Lipinski definition) is 4. The summed E-state index contributed by atoms with van der Waals surface area (Å²) in [4.78, 5) is 17.9. The van der Waals surface area contributed by atoms with Crippen LogP contribution in [0, 0.1) is 6.92 Å². The zero-order valence-electron chi connectivity index (χ0n) is 13.8. The largest absolute Gasteiger partial charge is 0.322 e. The molecule has 6 nitrogen and oxygen atoms in total. The van der Waals surface area contributed by atoms with Crippen LogP contribution in [0.5, 0.6) is 0 Å². The van der Waals surface area contributed by atoms with Gasteiger partial charge in [-0.05, 0) is 61.0 Å². The average Bonchev–Trinajstić information content (AvgIpc) is 3.06. The quantitative estimate of drug-likeness (QED) is 0.596. The summed E-state index contributed by atoms with van der Waals surface area (Å²) < 4.78 is 0. The van der Waals surface area contributed by atoms with Gasteiger partial charge in [0, 0.05) is 23.1 Å². The van der Waals surface area contributed by atoms with Crippen LogP contribution in [0.2, 0.25) is 5.02 Å². The number of benzene rings is 2. The van der Waals surface area contributed by atoms with Crippen molar-refractivity contribution in [2.45, 2.75) is 6.92 Å². The summed E-state index contributed by atoms with van der Waals surface area (Å²) in [5.41, 5.74) is 4.33. The Kier molecular flexibility index (Phi) is 4.10. The number of aryl methyl sites for hydroxylation is 1. The third-order valence-electron chi connectivity index (χ3n) is 3.96. The minimum atomic E-state index is -0.217. The first kappa shape index (κ1) is 16.2. The summed E-state index contributed by atoms with van der Waals surface area (Å²) >= 11 is 5.92. The summed E-state index contributed by atoms with van der Waals surface area (Å²) in [5, 5.41) is 12.5. The molecule has 0 aliphatic heterocycles. The first-order valence-corrected chi connectivity index (χ1v) is 8.33. The highest BCUT2D eigenvalue weighted by molar-refractivity contribution is 6.30. The van der Waals surface area contributed by atoms with E-state index in [0.29, 0.717) is 21.8 Å². The van der Waals surface area contributed by atoms with Crippen LogP contribution in [0.25, 0.3) is 16.7 Å². The molecular formula is C19H14ClN5O. The van der Waals surface area contributed by atoms with Crippen molar-refractivity contribution in [1.82, 2.24) is 20.0 Å². The molecule has 0 aliphatic rings. The maximum atomic E-state index is 12.4. The molecule has 128 valence electrons. The standard InChI is InChI=1S/C19H14ClN5O/c1-12-9-17-18(24-25(23-17)15-6-4-14(20)5-7-15)10-16(12)22-19(26)13-3-2-8-21-11-13/h2-11H,1H3,(H,22,26). The summed E-state index contributed by atoms with van der Waals surface area (Å²) in [7, 11) is 0. The van der Waals surface area contributed by atoms with E-state index in [4.69, 9.17) is 11.6 Å². The van der Waals surface area contributed by atoms with E-state index in [1.165, 1.54) is 6.20 Å². The molecule has 0 fully saturated rings. The smallest absolute Gasteiger partial charge is 0.257 e. The van der Waals surface area contributed by atoms with E-state index in [1.54, 1.807) is 35.3 Å². The highest BCUT2D eigenvalue weighted by atomic mass is 35.5. The number of hydrogen-bond donors (Lipinski definition) is 1. The Bertz CT molecular complexity index is 1090. The zero-order valence-corrected chi connectivity index (χ0v) is 14.6. The molecule has 0 spiro atoms. The van der Waals surface area contributed by atoms with Gasteiger partial charge in [0.1, 0.15) is 11.0 Å². The van der Waals surface area contributed by atoms with Crippen molar-refractivity contribution >= 4 is 34.2 Å². The number of fused-ring (bicyclic) bond motifs is 1. The molecule has 4 aromatic rings. The lowest BCUT2D eigenvalue weighted by atomic mass is 10.1. The van der Waals surface area contributed by atoms with Crippen LogP contribution in [0.1, 0.15) is 15.9 Å². The maximum absolute atomic E-state index is 12.4. The third-order valence-corrected chi connectivity index (χ3v) is 4.21. The SMILES string of the molecule is Cc1cc2nn(-c3ccc(Cl)cc3)nc2cc1NC(=O)c1cccnc1. The third kappa shape index (κ3) is 3.14. The summed E-state index contributed by atoms with van der Waals surface area (Å²) in [6.45, 7) is 1.92. The second kappa shape index (κ2) is 6.57. The van der Waals surface area contributed by atoms with Crippen molar-refractivity contribution in [2.75, 3.05) is 5.32 Å².